The molecule has 1 aliphatic rings. The number of carbonyl (C=O) groups excluding carboxylic acids is 1. The lowest BCUT2D eigenvalue weighted by molar-refractivity contribution is -0.128. The molecule has 0 spiro atoms. The van der Waals surface area contributed by atoms with Crippen molar-refractivity contribution in [1.29, 1.82) is 0 Å². The van der Waals surface area contributed by atoms with Crippen molar-refractivity contribution in [2.24, 2.45) is 11.5 Å². The van der Waals surface area contributed by atoms with Crippen LogP contribution in [-0.4, -0.2) is 48.1 Å². The van der Waals surface area contributed by atoms with E-state index in [4.69, 9.17) is 28.4 Å². The van der Waals surface area contributed by atoms with E-state index in [0.29, 0.717) is 31.3 Å². The van der Waals surface area contributed by atoms with Crippen molar-refractivity contribution in [3.05, 3.63) is 0 Å². The van der Waals surface area contributed by atoms with Gasteiger partial charge in [0.2, 0.25) is 5.91 Å². The Kier molecular flexibility index (Phi) is 3.58. The molecule has 0 bridgehead atoms. The Morgan fingerprint density at radius 2 is 2.31 bits per heavy atom. The maximum absolute atomic E-state index is 11.0. The summed E-state index contributed by atoms with van der Waals surface area (Å²) in [4.78, 5) is 13.2. The first-order valence-electron chi connectivity index (χ1n) is 4.00. The predicted octanol–water partition coefficient (Wildman–Crippen LogP) is -1.54. The van der Waals surface area contributed by atoms with Crippen molar-refractivity contribution in [3.8, 4) is 0 Å². The molecule has 1 fully saturated rings. The van der Waals surface area contributed by atoms with E-state index in [1.54, 1.807) is 0 Å². The number of rotatable bonds is 3. The van der Waals surface area contributed by atoms with Crippen LogP contribution in [0.3, 0.4) is 0 Å². The van der Waals surface area contributed by atoms with E-state index in [-0.39, 0.29) is 0 Å². The minimum absolute atomic E-state index is 0.331. The summed E-state index contributed by atoms with van der Waals surface area (Å²) in [5.41, 5.74) is 10.6. The minimum Gasteiger partial charge on any atom is -0.392 e. The Morgan fingerprint density at radius 3 is 2.85 bits per heavy atom. The molecule has 1 heterocycles. The summed E-state index contributed by atoms with van der Waals surface area (Å²) in [6, 6.07) is -0.393. The van der Waals surface area contributed by atoms with E-state index in [0.717, 1.165) is 0 Å². The number of thiocarbonyl (C=S) groups is 1. The Morgan fingerprint density at radius 1 is 1.62 bits per heavy atom. The van der Waals surface area contributed by atoms with E-state index in [9.17, 15) is 4.79 Å². The highest BCUT2D eigenvalue weighted by atomic mass is 32.1. The normalized spacial score (nSPS) is 24.2. The van der Waals surface area contributed by atoms with Gasteiger partial charge in [0.15, 0.2) is 0 Å². The molecule has 1 unspecified atom stereocenters. The van der Waals surface area contributed by atoms with Gasteiger partial charge in [0.05, 0.1) is 18.2 Å². The lowest BCUT2D eigenvalue weighted by Gasteiger charge is -2.32. The molecule has 1 amide bonds. The number of hydrogen-bond acceptors (Lipinski definition) is 4. The first kappa shape index (κ1) is 10.4. The fourth-order valence-corrected chi connectivity index (χ4v) is 1.46. The smallest absolute Gasteiger partial charge is 0.237 e. The standard InChI is InChI=1S/C7H13N3O2S/c8-6(13)3-10-1-2-12-4-5(10)7(9)11/h5H,1-4H2,(H2,8,13)(H2,9,11). The van der Waals surface area contributed by atoms with Crippen LogP contribution in [0.25, 0.3) is 0 Å². The molecule has 0 aromatic rings. The third kappa shape index (κ3) is 2.91. The van der Waals surface area contributed by atoms with Gasteiger partial charge in [-0.1, -0.05) is 12.2 Å². The van der Waals surface area contributed by atoms with Gasteiger partial charge in [0.1, 0.15) is 6.04 Å². The monoisotopic (exact) mass is 203 g/mol. The summed E-state index contributed by atoms with van der Waals surface area (Å²) in [5, 5.41) is 0. The van der Waals surface area contributed by atoms with Gasteiger partial charge in [0.25, 0.3) is 0 Å². The highest BCUT2D eigenvalue weighted by Gasteiger charge is 2.27. The number of amides is 1. The van der Waals surface area contributed by atoms with Gasteiger partial charge in [-0.15, -0.1) is 0 Å². The van der Waals surface area contributed by atoms with Crippen LogP contribution >= 0.6 is 12.2 Å². The second-order valence-electron chi connectivity index (χ2n) is 2.93. The van der Waals surface area contributed by atoms with Crippen LogP contribution in [-0.2, 0) is 9.53 Å². The van der Waals surface area contributed by atoms with Gasteiger partial charge >= 0.3 is 0 Å². The number of ether oxygens (including phenoxy) is 1. The van der Waals surface area contributed by atoms with Gasteiger partial charge in [-0.2, -0.15) is 0 Å². The summed E-state index contributed by atoms with van der Waals surface area (Å²) >= 11 is 4.76. The van der Waals surface area contributed by atoms with Gasteiger partial charge in [-0.05, 0) is 0 Å². The lowest BCUT2D eigenvalue weighted by Crippen LogP contribution is -2.54. The molecule has 5 nitrogen and oxygen atoms in total. The zero-order chi connectivity index (χ0) is 9.84. The fourth-order valence-electron chi connectivity index (χ4n) is 1.29. The molecule has 0 radical (unpaired) electrons. The summed E-state index contributed by atoms with van der Waals surface area (Å²) in [6.45, 7) is 1.99. The van der Waals surface area contributed by atoms with E-state index in [1.807, 2.05) is 4.90 Å². The number of morpholine rings is 1. The number of primary amides is 1. The molecule has 1 aliphatic heterocycles. The van der Waals surface area contributed by atoms with Gasteiger partial charge in [0, 0.05) is 13.1 Å². The van der Waals surface area contributed by atoms with Crippen LogP contribution in [0, 0.1) is 0 Å². The first-order valence-corrected chi connectivity index (χ1v) is 4.41. The number of carbonyl (C=O) groups is 1. The zero-order valence-corrected chi connectivity index (χ0v) is 8.05. The quantitative estimate of drug-likeness (QED) is 0.543. The average Bonchev–Trinajstić information content (AvgIpc) is 2.03. The second kappa shape index (κ2) is 4.50. The van der Waals surface area contributed by atoms with Crippen molar-refractivity contribution < 1.29 is 9.53 Å². The highest BCUT2D eigenvalue weighted by Crippen LogP contribution is 2.05. The average molecular weight is 203 g/mol. The molecule has 13 heavy (non-hydrogen) atoms. The minimum atomic E-state index is -0.393. The molecule has 1 saturated heterocycles. The van der Waals surface area contributed by atoms with Crippen LogP contribution < -0.4 is 11.5 Å². The van der Waals surface area contributed by atoms with E-state index in [2.05, 4.69) is 0 Å². The SMILES string of the molecule is NC(=O)C1COCCN1CC(N)=S. The van der Waals surface area contributed by atoms with Crippen molar-refractivity contribution in [2.75, 3.05) is 26.3 Å². The lowest BCUT2D eigenvalue weighted by atomic mass is 10.2. The number of hydrogen-bond donors (Lipinski definition) is 2. The molecule has 1 atom stereocenters. The third-order valence-corrected chi connectivity index (χ3v) is 2.06. The Labute approximate surface area is 82.0 Å². The van der Waals surface area contributed by atoms with Crippen LogP contribution in [0.4, 0.5) is 0 Å². The van der Waals surface area contributed by atoms with Crippen LogP contribution in [0.1, 0.15) is 0 Å². The van der Waals surface area contributed by atoms with Crippen molar-refractivity contribution in [1.82, 2.24) is 4.90 Å². The Hall–Kier alpha value is -0.720. The molecule has 0 aliphatic carbocycles. The molecular formula is C7H13N3O2S. The molecule has 0 aromatic carbocycles. The van der Waals surface area contributed by atoms with Crippen LogP contribution in [0.15, 0.2) is 0 Å². The first-order chi connectivity index (χ1) is 6.11. The van der Waals surface area contributed by atoms with E-state index < -0.39 is 11.9 Å². The molecule has 74 valence electrons. The largest absolute Gasteiger partial charge is 0.392 e. The molecule has 0 aromatic heterocycles. The summed E-state index contributed by atoms with van der Waals surface area (Å²) in [7, 11) is 0. The number of nitrogens with two attached hydrogens (primary N) is 2. The summed E-state index contributed by atoms with van der Waals surface area (Å²) < 4.78 is 5.13. The molecule has 6 heteroatoms. The van der Waals surface area contributed by atoms with Gasteiger partial charge in [-0.3, -0.25) is 9.69 Å². The van der Waals surface area contributed by atoms with Crippen LogP contribution in [0.2, 0.25) is 0 Å². The summed E-state index contributed by atoms with van der Waals surface area (Å²) in [5.74, 6) is -0.393. The van der Waals surface area contributed by atoms with Gasteiger partial charge < -0.3 is 16.2 Å². The highest BCUT2D eigenvalue weighted by molar-refractivity contribution is 7.80. The molecule has 4 N–H and O–H groups in total. The Balaban J connectivity index is 2.56. The topological polar surface area (TPSA) is 81.6 Å². The van der Waals surface area contributed by atoms with Crippen molar-refractivity contribution in [3.63, 3.8) is 0 Å². The third-order valence-electron chi connectivity index (χ3n) is 1.93. The van der Waals surface area contributed by atoms with Gasteiger partial charge in [-0.25, -0.2) is 0 Å². The Bertz CT molecular complexity index is 222. The molecular weight excluding hydrogens is 190 g/mol. The fraction of sp³-hybridized carbons (Fsp3) is 0.714. The number of nitrogens with zero attached hydrogens (tertiary/aromatic N) is 1. The van der Waals surface area contributed by atoms with Crippen molar-refractivity contribution in [2.45, 2.75) is 6.04 Å². The summed E-state index contributed by atoms with van der Waals surface area (Å²) in [6.07, 6.45) is 0. The maximum atomic E-state index is 11.0. The molecule has 1 rings (SSSR count). The molecule has 0 saturated carbocycles. The zero-order valence-electron chi connectivity index (χ0n) is 7.23. The second-order valence-corrected chi connectivity index (χ2v) is 3.45. The van der Waals surface area contributed by atoms with E-state index in [1.165, 1.54) is 0 Å². The van der Waals surface area contributed by atoms with E-state index >= 15 is 0 Å². The predicted molar refractivity (Wildman–Crippen MR) is 52.2 cm³/mol. The van der Waals surface area contributed by atoms with Crippen molar-refractivity contribution >= 4 is 23.1 Å². The maximum Gasteiger partial charge on any atom is 0.237 e. The van der Waals surface area contributed by atoms with Crippen LogP contribution in [0.5, 0.6) is 0 Å².